The van der Waals surface area contributed by atoms with E-state index in [-0.39, 0.29) is 12.0 Å². The summed E-state index contributed by atoms with van der Waals surface area (Å²) in [5.74, 6) is 2.36. The van der Waals surface area contributed by atoms with Gasteiger partial charge in [0.1, 0.15) is 5.75 Å². The molecule has 100 valence electrons. The van der Waals surface area contributed by atoms with Crippen LogP contribution in [0.2, 0.25) is 0 Å². The summed E-state index contributed by atoms with van der Waals surface area (Å²) in [4.78, 5) is 4.39. The highest BCUT2D eigenvalue weighted by molar-refractivity contribution is 5.30. The Hall–Kier alpha value is -1.88. The first-order valence-corrected chi connectivity index (χ1v) is 6.38. The number of rotatable bonds is 4. The van der Waals surface area contributed by atoms with Gasteiger partial charge < -0.3 is 14.4 Å². The van der Waals surface area contributed by atoms with Gasteiger partial charge in [0.2, 0.25) is 5.89 Å². The topological polar surface area (TPSA) is 68.4 Å². The molecule has 1 fully saturated rings. The maximum Gasteiger partial charge on any atom is 0.229 e. The average molecular weight is 260 g/mol. The first-order valence-electron chi connectivity index (χ1n) is 6.38. The molecule has 3 rings (SSSR count). The van der Waals surface area contributed by atoms with Crippen molar-refractivity contribution in [2.75, 3.05) is 7.11 Å². The standard InChI is InChI=1S/C14H16N2O3/c1-18-12-4-2-3-9(5-12)6-13-15-14(19-16-13)10-7-11(17)8-10/h2-5,10-11,17H,6-8H2,1H3. The summed E-state index contributed by atoms with van der Waals surface area (Å²) in [5.41, 5.74) is 1.08. The summed E-state index contributed by atoms with van der Waals surface area (Å²) < 4.78 is 10.4. The molecule has 1 aliphatic carbocycles. The molecule has 0 unspecified atom stereocenters. The Morgan fingerprint density at radius 3 is 3.00 bits per heavy atom. The molecule has 19 heavy (non-hydrogen) atoms. The molecule has 1 saturated carbocycles. The van der Waals surface area contributed by atoms with Gasteiger partial charge in [-0.2, -0.15) is 4.98 Å². The summed E-state index contributed by atoms with van der Waals surface area (Å²) in [6.07, 6.45) is 1.86. The zero-order valence-electron chi connectivity index (χ0n) is 10.7. The van der Waals surface area contributed by atoms with Gasteiger partial charge in [-0.15, -0.1) is 0 Å². The summed E-state index contributed by atoms with van der Waals surface area (Å²) in [6, 6.07) is 7.81. The number of aliphatic hydroxyl groups is 1. The second kappa shape index (κ2) is 5.01. The molecule has 1 heterocycles. The van der Waals surface area contributed by atoms with E-state index in [0.29, 0.717) is 18.1 Å². The molecule has 0 amide bonds. The molecule has 0 spiro atoms. The average Bonchev–Trinajstić information content (AvgIpc) is 2.83. The van der Waals surface area contributed by atoms with Gasteiger partial charge in [0.25, 0.3) is 0 Å². The molecule has 2 aromatic rings. The van der Waals surface area contributed by atoms with E-state index in [2.05, 4.69) is 10.1 Å². The predicted octanol–water partition coefficient (Wildman–Crippen LogP) is 1.91. The molecular formula is C14H16N2O3. The minimum Gasteiger partial charge on any atom is -0.497 e. The Bertz CT molecular complexity index is 561. The third-order valence-electron chi connectivity index (χ3n) is 3.44. The quantitative estimate of drug-likeness (QED) is 0.909. The van der Waals surface area contributed by atoms with Gasteiger partial charge in [0.15, 0.2) is 5.82 Å². The number of ether oxygens (including phenoxy) is 1. The second-order valence-corrected chi connectivity index (χ2v) is 4.90. The van der Waals surface area contributed by atoms with Gasteiger partial charge in [0, 0.05) is 12.3 Å². The summed E-state index contributed by atoms with van der Waals surface area (Å²) >= 11 is 0. The Morgan fingerprint density at radius 1 is 1.42 bits per heavy atom. The first-order chi connectivity index (χ1) is 9.24. The Kier molecular flexibility index (Phi) is 3.21. The lowest BCUT2D eigenvalue weighted by Gasteiger charge is -2.27. The van der Waals surface area contributed by atoms with Crippen LogP contribution in [0.4, 0.5) is 0 Å². The number of aliphatic hydroxyl groups excluding tert-OH is 1. The molecule has 0 aliphatic heterocycles. The zero-order chi connectivity index (χ0) is 13.2. The fraction of sp³-hybridized carbons (Fsp3) is 0.429. The predicted molar refractivity (Wildman–Crippen MR) is 68.1 cm³/mol. The van der Waals surface area contributed by atoms with Crippen LogP contribution in [0.5, 0.6) is 5.75 Å². The lowest BCUT2D eigenvalue weighted by molar-refractivity contribution is 0.0625. The summed E-state index contributed by atoms with van der Waals surface area (Å²) in [6.45, 7) is 0. The van der Waals surface area contributed by atoms with Gasteiger partial charge in [-0.25, -0.2) is 0 Å². The maximum absolute atomic E-state index is 9.28. The molecule has 1 aromatic heterocycles. The van der Waals surface area contributed by atoms with Gasteiger partial charge in [-0.1, -0.05) is 17.3 Å². The normalized spacial score (nSPS) is 22.0. The molecule has 5 nitrogen and oxygen atoms in total. The molecule has 0 bridgehead atoms. The van der Waals surface area contributed by atoms with Crippen molar-refractivity contribution < 1.29 is 14.4 Å². The second-order valence-electron chi connectivity index (χ2n) is 4.90. The highest BCUT2D eigenvalue weighted by atomic mass is 16.5. The lowest BCUT2D eigenvalue weighted by Crippen LogP contribution is -2.26. The van der Waals surface area contributed by atoms with Crippen LogP contribution in [0.1, 0.15) is 36.0 Å². The molecule has 0 saturated heterocycles. The molecule has 1 aromatic carbocycles. The lowest BCUT2D eigenvalue weighted by atomic mass is 9.82. The van der Waals surface area contributed by atoms with E-state index in [1.165, 1.54) is 0 Å². The van der Waals surface area contributed by atoms with E-state index < -0.39 is 0 Å². The van der Waals surface area contributed by atoms with Gasteiger partial charge in [-0.05, 0) is 30.5 Å². The molecule has 1 N–H and O–H groups in total. The maximum atomic E-state index is 9.28. The molecule has 5 heteroatoms. The van der Waals surface area contributed by atoms with Crippen molar-refractivity contribution in [3.63, 3.8) is 0 Å². The van der Waals surface area contributed by atoms with Crippen molar-refractivity contribution in [1.29, 1.82) is 0 Å². The smallest absolute Gasteiger partial charge is 0.229 e. The zero-order valence-corrected chi connectivity index (χ0v) is 10.7. The fourth-order valence-corrected chi connectivity index (χ4v) is 2.26. The largest absolute Gasteiger partial charge is 0.497 e. The third-order valence-corrected chi connectivity index (χ3v) is 3.44. The van der Waals surface area contributed by atoms with Crippen LogP contribution in [0.3, 0.4) is 0 Å². The van der Waals surface area contributed by atoms with Crippen molar-refractivity contribution in [2.24, 2.45) is 0 Å². The Labute approximate surface area is 111 Å². The number of methoxy groups -OCH3 is 1. The summed E-state index contributed by atoms with van der Waals surface area (Å²) in [5, 5.41) is 13.3. The number of nitrogens with zero attached hydrogens (tertiary/aromatic N) is 2. The van der Waals surface area contributed by atoms with E-state index in [1.54, 1.807) is 7.11 Å². The monoisotopic (exact) mass is 260 g/mol. The van der Waals surface area contributed by atoms with Crippen molar-refractivity contribution in [3.8, 4) is 5.75 Å². The molecule has 0 radical (unpaired) electrons. The number of hydrogen-bond acceptors (Lipinski definition) is 5. The number of benzene rings is 1. The van der Waals surface area contributed by atoms with Crippen molar-refractivity contribution in [1.82, 2.24) is 10.1 Å². The van der Waals surface area contributed by atoms with Crippen LogP contribution in [0.15, 0.2) is 28.8 Å². The SMILES string of the molecule is COc1cccc(Cc2noc(C3CC(O)C3)n2)c1. The number of hydrogen-bond donors (Lipinski definition) is 1. The molecular weight excluding hydrogens is 244 g/mol. The van der Waals surface area contributed by atoms with Crippen LogP contribution in [-0.2, 0) is 6.42 Å². The van der Waals surface area contributed by atoms with Crippen molar-refractivity contribution in [3.05, 3.63) is 41.5 Å². The van der Waals surface area contributed by atoms with Crippen LogP contribution >= 0.6 is 0 Å². The summed E-state index contributed by atoms with van der Waals surface area (Å²) in [7, 11) is 1.65. The van der Waals surface area contributed by atoms with Crippen molar-refractivity contribution >= 4 is 0 Å². The van der Waals surface area contributed by atoms with E-state index in [1.807, 2.05) is 24.3 Å². The minimum absolute atomic E-state index is 0.210. The van der Waals surface area contributed by atoms with E-state index in [0.717, 1.165) is 24.2 Å². The van der Waals surface area contributed by atoms with Crippen LogP contribution in [0.25, 0.3) is 0 Å². The van der Waals surface area contributed by atoms with Gasteiger partial charge in [0.05, 0.1) is 13.2 Å². The fourth-order valence-electron chi connectivity index (χ4n) is 2.26. The Balaban J connectivity index is 1.69. The highest BCUT2D eigenvalue weighted by Gasteiger charge is 2.32. The van der Waals surface area contributed by atoms with E-state index in [9.17, 15) is 5.11 Å². The van der Waals surface area contributed by atoms with E-state index >= 15 is 0 Å². The molecule has 1 aliphatic rings. The highest BCUT2D eigenvalue weighted by Crippen LogP contribution is 2.35. The van der Waals surface area contributed by atoms with Crippen LogP contribution in [-0.4, -0.2) is 28.5 Å². The van der Waals surface area contributed by atoms with E-state index in [4.69, 9.17) is 9.26 Å². The molecule has 0 atom stereocenters. The van der Waals surface area contributed by atoms with Gasteiger partial charge in [-0.3, -0.25) is 0 Å². The van der Waals surface area contributed by atoms with Crippen LogP contribution < -0.4 is 4.74 Å². The van der Waals surface area contributed by atoms with Crippen molar-refractivity contribution in [2.45, 2.75) is 31.3 Å². The third kappa shape index (κ3) is 2.61. The Morgan fingerprint density at radius 2 is 2.26 bits per heavy atom. The minimum atomic E-state index is -0.210. The first kappa shape index (κ1) is 12.2. The van der Waals surface area contributed by atoms with Crippen LogP contribution in [0, 0.1) is 0 Å². The van der Waals surface area contributed by atoms with Gasteiger partial charge >= 0.3 is 0 Å². The number of aromatic nitrogens is 2.